The molecule has 0 radical (unpaired) electrons. The molecule has 3 aromatic rings. The Balaban J connectivity index is 1.79. The summed E-state index contributed by atoms with van der Waals surface area (Å²) in [6.07, 6.45) is -0.742. The molecule has 2 aromatic carbocycles. The molecule has 1 aromatic heterocycles. The van der Waals surface area contributed by atoms with Gasteiger partial charge in [-0.1, -0.05) is 0 Å². The molecule has 0 unspecified atom stereocenters. The van der Waals surface area contributed by atoms with Gasteiger partial charge < -0.3 is 23.4 Å². The second kappa shape index (κ2) is 4.83. The van der Waals surface area contributed by atoms with Crippen molar-refractivity contribution in [3.05, 3.63) is 39.9 Å². The van der Waals surface area contributed by atoms with E-state index in [9.17, 15) is 10.1 Å². The van der Waals surface area contributed by atoms with E-state index in [1.54, 1.807) is 12.1 Å². The average molecular weight is 329 g/mol. The van der Waals surface area contributed by atoms with Crippen LogP contribution in [0.4, 0.5) is 5.69 Å². The van der Waals surface area contributed by atoms with Crippen molar-refractivity contribution in [2.75, 3.05) is 20.0 Å². The number of furan rings is 1. The van der Waals surface area contributed by atoms with Gasteiger partial charge in [-0.05, 0) is 12.1 Å². The third kappa shape index (κ3) is 1.87. The quantitative estimate of drug-likeness (QED) is 0.526. The molecule has 0 N–H and O–H groups in total. The van der Waals surface area contributed by atoms with Crippen molar-refractivity contribution in [3.63, 3.8) is 0 Å². The standard InChI is InChI=1S/C16H11NO7/c18-17(19)11-5-12-8(3-10(11)16-20-1-2-21-16)9-4-14-15(23-7-22-14)6-13(9)24-12/h3-6,16H,1-2,7H2. The Morgan fingerprint density at radius 1 is 0.958 bits per heavy atom. The number of rotatable bonds is 2. The van der Waals surface area contributed by atoms with Crippen LogP contribution in [0.3, 0.4) is 0 Å². The van der Waals surface area contributed by atoms with E-state index >= 15 is 0 Å². The third-order valence-electron chi connectivity index (χ3n) is 4.19. The summed E-state index contributed by atoms with van der Waals surface area (Å²) < 4.78 is 27.4. The van der Waals surface area contributed by atoms with Crippen molar-refractivity contribution < 1.29 is 28.3 Å². The van der Waals surface area contributed by atoms with Crippen LogP contribution in [0, 0.1) is 10.1 Å². The van der Waals surface area contributed by atoms with Gasteiger partial charge in [-0.3, -0.25) is 10.1 Å². The number of nitro groups is 1. The van der Waals surface area contributed by atoms with E-state index in [1.165, 1.54) is 6.07 Å². The summed E-state index contributed by atoms with van der Waals surface area (Å²) in [5, 5.41) is 12.9. The van der Waals surface area contributed by atoms with Gasteiger partial charge in [-0.2, -0.15) is 0 Å². The van der Waals surface area contributed by atoms with Crippen molar-refractivity contribution in [2.24, 2.45) is 0 Å². The maximum absolute atomic E-state index is 11.4. The minimum atomic E-state index is -0.742. The molecule has 24 heavy (non-hydrogen) atoms. The third-order valence-corrected chi connectivity index (χ3v) is 4.19. The van der Waals surface area contributed by atoms with E-state index in [-0.39, 0.29) is 12.5 Å². The van der Waals surface area contributed by atoms with Gasteiger partial charge in [0.25, 0.3) is 5.69 Å². The monoisotopic (exact) mass is 329 g/mol. The lowest BCUT2D eigenvalue weighted by Gasteiger charge is -2.09. The lowest BCUT2D eigenvalue weighted by molar-refractivity contribution is -0.386. The summed E-state index contributed by atoms with van der Waals surface area (Å²) in [6, 6.07) is 6.64. The van der Waals surface area contributed by atoms with Crippen molar-refractivity contribution in [3.8, 4) is 11.5 Å². The number of ether oxygens (including phenoxy) is 4. The van der Waals surface area contributed by atoms with E-state index in [2.05, 4.69) is 0 Å². The van der Waals surface area contributed by atoms with Gasteiger partial charge >= 0.3 is 0 Å². The molecule has 0 bridgehead atoms. The molecule has 1 saturated heterocycles. The Hall–Kier alpha value is -2.84. The van der Waals surface area contributed by atoms with Gasteiger partial charge in [-0.15, -0.1) is 0 Å². The number of nitrogens with zero attached hydrogens (tertiary/aromatic N) is 1. The van der Waals surface area contributed by atoms with Gasteiger partial charge in [0.15, 0.2) is 17.8 Å². The molecule has 122 valence electrons. The molecule has 5 rings (SSSR count). The van der Waals surface area contributed by atoms with Crippen LogP contribution in [0.2, 0.25) is 0 Å². The van der Waals surface area contributed by atoms with Crippen molar-refractivity contribution in [1.82, 2.24) is 0 Å². The molecule has 3 heterocycles. The first kappa shape index (κ1) is 13.6. The van der Waals surface area contributed by atoms with Crippen LogP contribution < -0.4 is 9.47 Å². The largest absolute Gasteiger partial charge is 0.456 e. The molecule has 8 nitrogen and oxygen atoms in total. The summed E-state index contributed by atoms with van der Waals surface area (Å²) in [6.45, 7) is 0.982. The smallest absolute Gasteiger partial charge is 0.281 e. The fourth-order valence-corrected chi connectivity index (χ4v) is 3.10. The highest BCUT2D eigenvalue weighted by molar-refractivity contribution is 6.07. The first-order chi connectivity index (χ1) is 11.7. The first-order valence-electron chi connectivity index (χ1n) is 7.38. The maximum atomic E-state index is 11.4. The summed E-state index contributed by atoms with van der Waals surface area (Å²) in [5.41, 5.74) is 1.29. The van der Waals surface area contributed by atoms with Crippen LogP contribution in [0.1, 0.15) is 11.9 Å². The molecule has 0 saturated carbocycles. The summed E-state index contributed by atoms with van der Waals surface area (Å²) >= 11 is 0. The van der Waals surface area contributed by atoms with E-state index in [1.807, 2.05) is 6.07 Å². The summed E-state index contributed by atoms with van der Waals surface area (Å²) in [5.74, 6) is 1.22. The van der Waals surface area contributed by atoms with Crippen molar-refractivity contribution >= 4 is 27.6 Å². The second-order valence-corrected chi connectivity index (χ2v) is 5.54. The van der Waals surface area contributed by atoms with Gasteiger partial charge in [-0.25, -0.2) is 0 Å². The first-order valence-corrected chi connectivity index (χ1v) is 7.38. The van der Waals surface area contributed by atoms with Crippen LogP contribution >= 0.6 is 0 Å². The molecule has 0 spiro atoms. The molecule has 0 aliphatic carbocycles. The fourth-order valence-electron chi connectivity index (χ4n) is 3.10. The van der Waals surface area contributed by atoms with Gasteiger partial charge in [0.05, 0.1) is 29.8 Å². The van der Waals surface area contributed by atoms with Crippen molar-refractivity contribution in [2.45, 2.75) is 6.29 Å². The van der Waals surface area contributed by atoms with Crippen LogP contribution in [-0.2, 0) is 9.47 Å². The Morgan fingerprint density at radius 2 is 1.62 bits per heavy atom. The molecular weight excluding hydrogens is 318 g/mol. The van der Waals surface area contributed by atoms with Gasteiger partial charge in [0.2, 0.25) is 6.79 Å². The zero-order valence-electron chi connectivity index (χ0n) is 12.3. The van der Waals surface area contributed by atoms with E-state index in [0.29, 0.717) is 41.4 Å². The van der Waals surface area contributed by atoms with Crippen LogP contribution in [0.5, 0.6) is 11.5 Å². The molecule has 1 fully saturated rings. The average Bonchev–Trinajstić information content (AvgIpc) is 3.30. The summed E-state index contributed by atoms with van der Waals surface area (Å²) in [4.78, 5) is 11.0. The van der Waals surface area contributed by atoms with Gasteiger partial charge in [0, 0.05) is 16.8 Å². The molecular formula is C16H11NO7. The van der Waals surface area contributed by atoms with Gasteiger partial charge in [0.1, 0.15) is 11.2 Å². The Morgan fingerprint density at radius 3 is 2.38 bits per heavy atom. The highest BCUT2D eigenvalue weighted by Gasteiger charge is 2.29. The fraction of sp³-hybridized carbons (Fsp3) is 0.250. The lowest BCUT2D eigenvalue weighted by Crippen LogP contribution is -2.03. The normalized spacial score (nSPS) is 17.2. The lowest BCUT2D eigenvalue weighted by atomic mass is 10.1. The second-order valence-electron chi connectivity index (χ2n) is 5.54. The number of fused-ring (bicyclic) bond motifs is 4. The predicted molar refractivity (Wildman–Crippen MR) is 81.1 cm³/mol. The zero-order valence-corrected chi connectivity index (χ0v) is 12.3. The molecule has 8 heteroatoms. The molecule has 2 aliphatic rings. The molecule has 0 atom stereocenters. The Labute approximate surface area is 134 Å². The van der Waals surface area contributed by atoms with Crippen molar-refractivity contribution in [1.29, 1.82) is 0 Å². The minimum absolute atomic E-state index is 0.0894. The number of hydrogen-bond acceptors (Lipinski definition) is 7. The number of benzene rings is 2. The minimum Gasteiger partial charge on any atom is -0.456 e. The van der Waals surface area contributed by atoms with E-state index in [4.69, 9.17) is 23.4 Å². The van der Waals surface area contributed by atoms with Crippen LogP contribution in [-0.4, -0.2) is 24.9 Å². The van der Waals surface area contributed by atoms with E-state index in [0.717, 1.165) is 10.8 Å². The predicted octanol–water partition coefficient (Wildman–Crippen LogP) is 3.27. The number of nitro benzene ring substituents is 1. The molecule has 2 aliphatic heterocycles. The topological polar surface area (TPSA) is 93.2 Å². The zero-order chi connectivity index (χ0) is 16.3. The van der Waals surface area contributed by atoms with Crippen LogP contribution in [0.15, 0.2) is 28.7 Å². The Bertz CT molecular complexity index is 987. The highest BCUT2D eigenvalue weighted by atomic mass is 16.7. The maximum Gasteiger partial charge on any atom is 0.281 e. The number of hydrogen-bond donors (Lipinski definition) is 0. The molecule has 0 amide bonds. The van der Waals surface area contributed by atoms with Crippen LogP contribution in [0.25, 0.3) is 21.9 Å². The summed E-state index contributed by atoms with van der Waals surface area (Å²) in [7, 11) is 0. The van der Waals surface area contributed by atoms with E-state index < -0.39 is 11.2 Å². The SMILES string of the molecule is O=[N+]([O-])c1cc2oc3cc4c(cc3c2cc1C1OCCO1)OCO4. The Kier molecular flexibility index (Phi) is 2.73. The highest BCUT2D eigenvalue weighted by Crippen LogP contribution is 2.43.